The molecule has 4 heteroatoms. The van der Waals surface area contributed by atoms with Crippen LogP contribution < -0.4 is 17.0 Å². The van der Waals surface area contributed by atoms with Crippen LogP contribution in [-0.2, 0) is 4.43 Å². The van der Waals surface area contributed by atoms with Crippen LogP contribution in [0.4, 0.5) is 0 Å². The van der Waals surface area contributed by atoms with E-state index in [0.717, 1.165) is 0 Å². The first kappa shape index (κ1) is 19.8. The van der Waals surface area contributed by atoms with Crippen LogP contribution in [0, 0.1) is 6.42 Å². The van der Waals surface area contributed by atoms with Gasteiger partial charge >= 0.3 is 23.1 Å². The van der Waals surface area contributed by atoms with E-state index >= 15 is 0 Å². The summed E-state index contributed by atoms with van der Waals surface area (Å²) in [6, 6.07) is 0. The smallest absolute Gasteiger partial charge is 1.00 e. The first-order chi connectivity index (χ1) is 6.33. The van der Waals surface area contributed by atoms with Crippen LogP contribution in [0.2, 0.25) is 18.1 Å². The Bertz CT molecular complexity index is 186. The normalized spacial score (nSPS) is 18.6. The second-order valence-electron chi connectivity index (χ2n) is 5.94. The summed E-state index contributed by atoms with van der Waals surface area (Å²) >= 11 is 0. The van der Waals surface area contributed by atoms with Crippen LogP contribution in [0.3, 0.4) is 0 Å². The van der Waals surface area contributed by atoms with Gasteiger partial charge in [-0.1, -0.05) is 33.6 Å². The number of hydrogen-bond donors (Lipinski definition) is 0. The number of halogens is 1. The van der Waals surface area contributed by atoms with Gasteiger partial charge in [-0.25, -0.2) is 0 Å². The molecule has 0 spiro atoms. The number of rotatable bonds is 2. The minimum Gasteiger partial charge on any atom is -1.00 e. The third kappa shape index (κ3) is 5.85. The monoisotopic (exact) mass is 316 g/mol. The second kappa shape index (κ2) is 7.77. The average Bonchev–Trinajstić information content (AvgIpc) is 2.03. The predicted molar refractivity (Wildman–Crippen MR) is 70.6 cm³/mol. The largest absolute Gasteiger partial charge is 2.00 e. The average molecular weight is 318 g/mol. The van der Waals surface area contributed by atoms with Gasteiger partial charge in [-0.05, 0) is 18.1 Å². The van der Waals surface area contributed by atoms with Gasteiger partial charge in [-0.3, -0.25) is 0 Å². The van der Waals surface area contributed by atoms with Crippen molar-refractivity contribution in [3.63, 3.8) is 0 Å². The Kier molecular flexibility index (Phi) is 9.59. The molecule has 1 fully saturated rings. The van der Waals surface area contributed by atoms with Gasteiger partial charge in [0.05, 0.1) is 0 Å². The van der Waals surface area contributed by atoms with Crippen molar-refractivity contribution in [2.24, 2.45) is 0 Å². The molecule has 0 amide bonds. The molecule has 92 valence electrons. The van der Waals surface area contributed by atoms with Crippen molar-refractivity contribution < 1.29 is 21.4 Å². The Morgan fingerprint density at radius 1 is 1.12 bits per heavy atom. The van der Waals surface area contributed by atoms with E-state index in [4.69, 9.17) is 4.43 Å². The molecule has 0 saturated heterocycles. The van der Waals surface area contributed by atoms with Gasteiger partial charge in [-0.2, -0.15) is 12.8 Å². The standard InChI is InChI=1S/C12H25OSi.BrH.Mg/c1-12(2,3)14(4,5)13-11-9-7-6-8-10-11;;/h6,11H,7-10H2,1-5H3;1H;/q-1;;+2/p-1. The summed E-state index contributed by atoms with van der Waals surface area (Å²) in [4.78, 5) is 0. The molecule has 0 aromatic carbocycles. The fourth-order valence-corrected chi connectivity index (χ4v) is 3.03. The second-order valence-corrected chi connectivity index (χ2v) is 10.7. The summed E-state index contributed by atoms with van der Waals surface area (Å²) in [5.74, 6) is 0. The molecule has 1 saturated carbocycles. The maximum Gasteiger partial charge on any atom is 2.00 e. The molecular weight excluding hydrogens is 292 g/mol. The van der Waals surface area contributed by atoms with E-state index in [0.29, 0.717) is 11.1 Å². The van der Waals surface area contributed by atoms with Gasteiger partial charge in [0.1, 0.15) is 0 Å². The molecule has 0 aromatic rings. The first-order valence-electron chi connectivity index (χ1n) is 5.82. The zero-order chi connectivity index (χ0) is 10.8. The van der Waals surface area contributed by atoms with Gasteiger partial charge in [0.15, 0.2) is 8.32 Å². The molecule has 0 bridgehead atoms. The minimum absolute atomic E-state index is 0. The molecule has 1 aliphatic carbocycles. The first-order valence-corrected chi connectivity index (χ1v) is 8.73. The Morgan fingerprint density at radius 2 is 1.56 bits per heavy atom. The van der Waals surface area contributed by atoms with Crippen molar-refractivity contribution in [2.45, 2.75) is 70.7 Å². The van der Waals surface area contributed by atoms with Crippen molar-refractivity contribution in [2.75, 3.05) is 0 Å². The summed E-state index contributed by atoms with van der Waals surface area (Å²) in [7, 11) is -1.51. The molecule has 16 heavy (non-hydrogen) atoms. The van der Waals surface area contributed by atoms with E-state index in [9.17, 15) is 0 Å². The topological polar surface area (TPSA) is 9.23 Å². The summed E-state index contributed by atoms with van der Waals surface area (Å²) in [6.45, 7) is 11.6. The van der Waals surface area contributed by atoms with E-state index in [1.807, 2.05) is 0 Å². The van der Waals surface area contributed by atoms with Gasteiger partial charge < -0.3 is 27.8 Å². The Morgan fingerprint density at radius 3 is 1.94 bits per heavy atom. The molecule has 1 nitrogen and oxygen atoms in total. The number of hydrogen-bond acceptors (Lipinski definition) is 1. The van der Waals surface area contributed by atoms with Crippen molar-refractivity contribution >= 4 is 31.4 Å². The van der Waals surface area contributed by atoms with Crippen LogP contribution in [0.25, 0.3) is 0 Å². The quantitative estimate of drug-likeness (QED) is 0.540. The van der Waals surface area contributed by atoms with Crippen LogP contribution in [0.15, 0.2) is 0 Å². The molecule has 0 N–H and O–H groups in total. The summed E-state index contributed by atoms with van der Waals surface area (Å²) in [6.07, 6.45) is 7.92. The van der Waals surface area contributed by atoms with Crippen LogP contribution >= 0.6 is 0 Å². The van der Waals surface area contributed by atoms with Crippen LogP contribution in [-0.4, -0.2) is 37.5 Å². The van der Waals surface area contributed by atoms with Gasteiger partial charge in [0.2, 0.25) is 0 Å². The van der Waals surface area contributed by atoms with Crippen LogP contribution in [0.5, 0.6) is 0 Å². The maximum atomic E-state index is 6.36. The molecule has 1 aliphatic rings. The van der Waals surface area contributed by atoms with Crippen molar-refractivity contribution in [3.05, 3.63) is 6.42 Å². The molecule has 0 unspecified atom stereocenters. The van der Waals surface area contributed by atoms with Gasteiger partial charge in [0, 0.05) is 6.10 Å². The third-order valence-corrected chi connectivity index (χ3v) is 8.19. The summed E-state index contributed by atoms with van der Waals surface area (Å²) in [5.41, 5.74) is 0. The molecule has 0 aromatic heterocycles. The Hall–Kier alpha value is 1.42. The van der Waals surface area contributed by atoms with E-state index in [-0.39, 0.29) is 40.0 Å². The maximum absolute atomic E-state index is 6.36. The summed E-state index contributed by atoms with van der Waals surface area (Å²) in [5, 5.41) is 0.355. The zero-order valence-corrected chi connectivity index (χ0v) is 15.5. The van der Waals surface area contributed by atoms with Crippen LogP contribution in [0.1, 0.15) is 46.5 Å². The molecule has 0 radical (unpaired) electrons. The van der Waals surface area contributed by atoms with E-state index in [1.165, 1.54) is 25.7 Å². The molecule has 0 atom stereocenters. The molecule has 0 aliphatic heterocycles. The molecular formula is C12H25BrMgOSi. The summed E-state index contributed by atoms with van der Waals surface area (Å²) < 4.78 is 6.36. The van der Waals surface area contributed by atoms with Crippen molar-refractivity contribution in [1.82, 2.24) is 0 Å². The fourth-order valence-electron chi connectivity index (χ4n) is 1.61. The third-order valence-electron chi connectivity index (χ3n) is 3.65. The van der Waals surface area contributed by atoms with Crippen molar-refractivity contribution in [3.8, 4) is 0 Å². The van der Waals surface area contributed by atoms with Gasteiger partial charge in [0.25, 0.3) is 0 Å². The van der Waals surface area contributed by atoms with E-state index in [1.54, 1.807) is 0 Å². The minimum atomic E-state index is -1.51. The fraction of sp³-hybridized carbons (Fsp3) is 0.917. The Balaban J connectivity index is 0. The zero-order valence-electron chi connectivity index (χ0n) is 11.5. The molecule has 1 rings (SSSR count). The SMILES string of the molecule is CC(C)(C)[Si](C)(C)OC1CC[CH-]CC1.[Br-].[Mg+2]. The Labute approximate surface area is 129 Å². The van der Waals surface area contributed by atoms with Crippen molar-refractivity contribution in [1.29, 1.82) is 0 Å². The predicted octanol–water partition coefficient (Wildman–Crippen LogP) is 0.778. The van der Waals surface area contributed by atoms with Gasteiger partial charge in [-0.15, -0.1) is 0 Å². The van der Waals surface area contributed by atoms with E-state index < -0.39 is 8.32 Å². The van der Waals surface area contributed by atoms with E-state index in [2.05, 4.69) is 40.3 Å². The molecule has 0 heterocycles.